The van der Waals surface area contributed by atoms with Gasteiger partial charge in [0.1, 0.15) is 5.75 Å². The Morgan fingerprint density at radius 1 is 1.07 bits per heavy atom. The maximum atomic E-state index is 12.4. The second-order valence-electron chi connectivity index (χ2n) is 7.32. The average Bonchev–Trinajstić information content (AvgIpc) is 2.78. The predicted octanol–water partition coefficient (Wildman–Crippen LogP) is 2.30. The molecule has 1 aromatic carbocycles. The zero-order valence-electron chi connectivity index (χ0n) is 16.5. The first-order valence-electron chi connectivity index (χ1n) is 9.95. The van der Waals surface area contributed by atoms with Gasteiger partial charge in [-0.2, -0.15) is 0 Å². The molecule has 0 amide bonds. The van der Waals surface area contributed by atoms with Gasteiger partial charge in [-0.15, -0.1) is 0 Å². The number of aryl methyl sites for hydroxylation is 1. The van der Waals surface area contributed by atoms with Crippen molar-refractivity contribution in [2.24, 2.45) is 0 Å². The number of anilines is 1. The summed E-state index contributed by atoms with van der Waals surface area (Å²) in [6.45, 7) is 2.90. The first-order chi connectivity index (χ1) is 14.2. The Labute approximate surface area is 170 Å². The molecule has 1 unspecified atom stereocenters. The third-order valence-corrected chi connectivity index (χ3v) is 5.55. The zero-order chi connectivity index (χ0) is 20.2. The van der Waals surface area contributed by atoms with Gasteiger partial charge in [0.15, 0.2) is 5.78 Å². The Balaban J connectivity index is 1.46. The largest absolute Gasteiger partial charge is 0.465 e. The van der Waals surface area contributed by atoms with E-state index in [1.807, 2.05) is 29.2 Å². The molecule has 1 fully saturated rings. The Morgan fingerprint density at radius 2 is 1.83 bits per heavy atom. The molecule has 1 saturated heterocycles. The van der Waals surface area contributed by atoms with Crippen LogP contribution in [0.4, 0.5) is 5.69 Å². The number of hydrogen-bond acceptors (Lipinski definition) is 7. The molecular formula is C22H25N3O4. The van der Waals surface area contributed by atoms with E-state index in [0.29, 0.717) is 25.3 Å². The van der Waals surface area contributed by atoms with Gasteiger partial charge in [0, 0.05) is 56.2 Å². The summed E-state index contributed by atoms with van der Waals surface area (Å²) in [5.74, 6) is 0.344. The maximum absolute atomic E-state index is 12.4. The number of fused-ring (bicyclic) bond motifs is 1. The van der Waals surface area contributed by atoms with Gasteiger partial charge < -0.3 is 14.4 Å². The van der Waals surface area contributed by atoms with E-state index < -0.39 is 12.2 Å². The Bertz CT molecular complexity index is 879. The van der Waals surface area contributed by atoms with Crippen molar-refractivity contribution in [1.29, 1.82) is 0 Å². The molecule has 7 nitrogen and oxygen atoms in total. The quantitative estimate of drug-likeness (QED) is 0.720. The lowest BCUT2D eigenvalue weighted by atomic mass is 9.90. The number of methoxy groups -OCH3 is 1. The fourth-order valence-electron chi connectivity index (χ4n) is 3.97. The Hall–Kier alpha value is -2.93. The zero-order valence-corrected chi connectivity index (χ0v) is 16.5. The molecule has 0 radical (unpaired) electrons. The number of benzene rings is 1. The van der Waals surface area contributed by atoms with Gasteiger partial charge in [-0.25, -0.2) is 4.79 Å². The van der Waals surface area contributed by atoms with Gasteiger partial charge >= 0.3 is 5.97 Å². The highest BCUT2D eigenvalue weighted by Crippen LogP contribution is 2.27. The van der Waals surface area contributed by atoms with Crippen LogP contribution in [0.2, 0.25) is 0 Å². The Kier molecular flexibility index (Phi) is 5.76. The van der Waals surface area contributed by atoms with Crippen molar-refractivity contribution in [2.75, 3.05) is 38.2 Å². The highest BCUT2D eigenvalue weighted by atomic mass is 16.6. The fraction of sp³-hybridized carbons (Fsp3) is 0.409. The molecule has 0 spiro atoms. The summed E-state index contributed by atoms with van der Waals surface area (Å²) in [4.78, 5) is 32.8. The van der Waals surface area contributed by atoms with Crippen molar-refractivity contribution >= 4 is 17.4 Å². The van der Waals surface area contributed by atoms with E-state index in [0.717, 1.165) is 42.7 Å². The molecule has 2 heterocycles. The normalized spacial score (nSPS) is 18.1. The number of ketones is 1. The number of aromatic nitrogens is 1. The Morgan fingerprint density at radius 3 is 2.55 bits per heavy atom. The number of esters is 1. The van der Waals surface area contributed by atoms with Gasteiger partial charge in [0.25, 0.3) is 6.23 Å². The lowest BCUT2D eigenvalue weighted by Gasteiger charge is -2.38. The summed E-state index contributed by atoms with van der Waals surface area (Å²) in [6.07, 6.45) is 5.06. The van der Waals surface area contributed by atoms with E-state index in [-0.39, 0.29) is 5.78 Å². The van der Waals surface area contributed by atoms with Crippen LogP contribution in [0.5, 0.6) is 5.75 Å². The van der Waals surface area contributed by atoms with Crippen LogP contribution in [0, 0.1) is 0 Å². The van der Waals surface area contributed by atoms with Crippen LogP contribution in [-0.4, -0.2) is 61.2 Å². The topological polar surface area (TPSA) is 72.0 Å². The lowest BCUT2D eigenvalue weighted by Crippen LogP contribution is -2.55. The third-order valence-electron chi connectivity index (χ3n) is 5.55. The third kappa shape index (κ3) is 4.24. The van der Waals surface area contributed by atoms with Gasteiger partial charge in [-0.05, 0) is 48.7 Å². The average molecular weight is 395 g/mol. The van der Waals surface area contributed by atoms with E-state index in [1.165, 1.54) is 7.11 Å². The summed E-state index contributed by atoms with van der Waals surface area (Å²) >= 11 is 0. The molecule has 0 N–H and O–H groups in total. The minimum atomic E-state index is -0.808. The van der Waals surface area contributed by atoms with Gasteiger partial charge in [0.2, 0.25) is 0 Å². The molecule has 0 bridgehead atoms. The van der Waals surface area contributed by atoms with E-state index in [2.05, 4.69) is 9.88 Å². The number of carbonyl (C=O) groups excluding carboxylic acids is 2. The van der Waals surface area contributed by atoms with Crippen LogP contribution in [0.15, 0.2) is 42.7 Å². The molecule has 0 saturated carbocycles. The SMILES string of the molecule is COC(=O)C(Oc1ccc2c(c1)CCCC2=O)N1CCN(c2ccncc2)CC1. The number of ether oxygens (including phenoxy) is 2. The van der Waals surface area contributed by atoms with Crippen LogP contribution in [-0.2, 0) is 16.0 Å². The van der Waals surface area contributed by atoms with Crippen LogP contribution in [0.1, 0.15) is 28.8 Å². The fourth-order valence-corrected chi connectivity index (χ4v) is 3.97. The van der Waals surface area contributed by atoms with E-state index >= 15 is 0 Å². The standard InChI is InChI=1S/C22H25N3O4/c1-28-22(27)21(25-13-11-24(12-14-25)17-7-9-23-10-8-17)29-18-5-6-19-16(15-18)3-2-4-20(19)26/h5-10,15,21H,2-4,11-14H2,1H3. The summed E-state index contributed by atoms with van der Waals surface area (Å²) in [5, 5.41) is 0. The molecule has 1 aliphatic carbocycles. The molecule has 4 rings (SSSR count). The van der Waals surface area contributed by atoms with Crippen LogP contribution in [0.3, 0.4) is 0 Å². The summed E-state index contributed by atoms with van der Waals surface area (Å²) < 4.78 is 11.1. The monoisotopic (exact) mass is 395 g/mol. The molecular weight excluding hydrogens is 370 g/mol. The number of rotatable bonds is 5. The van der Waals surface area contributed by atoms with Crippen molar-refractivity contribution < 1.29 is 19.1 Å². The highest BCUT2D eigenvalue weighted by molar-refractivity contribution is 5.98. The van der Waals surface area contributed by atoms with Crippen molar-refractivity contribution in [1.82, 2.24) is 9.88 Å². The number of piperazine rings is 1. The minimum absolute atomic E-state index is 0.176. The number of carbonyl (C=O) groups is 2. The van der Waals surface area contributed by atoms with E-state index in [4.69, 9.17) is 9.47 Å². The van der Waals surface area contributed by atoms with Gasteiger partial charge in [-0.1, -0.05) is 0 Å². The maximum Gasteiger partial charge on any atom is 0.363 e. The smallest absolute Gasteiger partial charge is 0.363 e. The van der Waals surface area contributed by atoms with Crippen LogP contribution < -0.4 is 9.64 Å². The summed E-state index contributed by atoms with van der Waals surface area (Å²) in [6, 6.07) is 9.43. The lowest BCUT2D eigenvalue weighted by molar-refractivity contribution is -0.158. The van der Waals surface area contributed by atoms with Crippen LogP contribution in [0.25, 0.3) is 0 Å². The minimum Gasteiger partial charge on any atom is -0.465 e. The van der Waals surface area contributed by atoms with Crippen LogP contribution >= 0.6 is 0 Å². The number of Topliss-reactive ketones (excluding diaryl/α,β-unsaturated/α-hetero) is 1. The summed E-state index contributed by atoms with van der Waals surface area (Å²) in [7, 11) is 1.37. The van der Waals surface area contributed by atoms with E-state index in [9.17, 15) is 9.59 Å². The van der Waals surface area contributed by atoms with Crippen molar-refractivity contribution in [3.8, 4) is 5.75 Å². The van der Waals surface area contributed by atoms with Gasteiger partial charge in [-0.3, -0.25) is 14.7 Å². The molecule has 1 atom stereocenters. The second kappa shape index (κ2) is 8.61. The molecule has 2 aliphatic rings. The van der Waals surface area contributed by atoms with Gasteiger partial charge in [0.05, 0.1) is 7.11 Å². The van der Waals surface area contributed by atoms with E-state index in [1.54, 1.807) is 18.5 Å². The molecule has 7 heteroatoms. The van der Waals surface area contributed by atoms with Crippen molar-refractivity contribution in [3.63, 3.8) is 0 Å². The van der Waals surface area contributed by atoms with Crippen molar-refractivity contribution in [2.45, 2.75) is 25.5 Å². The molecule has 1 aromatic heterocycles. The second-order valence-corrected chi connectivity index (χ2v) is 7.32. The first-order valence-corrected chi connectivity index (χ1v) is 9.95. The highest BCUT2D eigenvalue weighted by Gasteiger charge is 2.32. The summed E-state index contributed by atoms with van der Waals surface area (Å²) in [5.41, 5.74) is 2.88. The van der Waals surface area contributed by atoms with Crippen molar-refractivity contribution in [3.05, 3.63) is 53.9 Å². The predicted molar refractivity (Wildman–Crippen MR) is 108 cm³/mol. The molecule has 1 aliphatic heterocycles. The molecule has 152 valence electrons. The number of pyridine rings is 1. The molecule has 29 heavy (non-hydrogen) atoms. The first kappa shape index (κ1) is 19.4. The number of nitrogens with zero attached hydrogens (tertiary/aromatic N) is 3. The number of hydrogen-bond donors (Lipinski definition) is 0. The molecule has 2 aromatic rings.